The topological polar surface area (TPSA) is 149 Å². The number of hydrogen-bond donors (Lipinski definition) is 2. The third-order valence-corrected chi connectivity index (χ3v) is 6.60. The normalized spacial score (nSPS) is 14.1. The van der Waals surface area contributed by atoms with Crippen molar-refractivity contribution in [3.05, 3.63) is 92.1 Å². The van der Waals surface area contributed by atoms with E-state index in [0.717, 1.165) is 10.5 Å². The first-order valence-corrected chi connectivity index (χ1v) is 12.6. The van der Waals surface area contributed by atoms with Crippen molar-refractivity contribution in [2.45, 2.75) is 6.61 Å². The number of nitrogens with one attached hydrogen (secondary N) is 1. The van der Waals surface area contributed by atoms with Crippen LogP contribution >= 0.6 is 22.6 Å². The van der Waals surface area contributed by atoms with Crippen LogP contribution in [0.25, 0.3) is 6.08 Å². The van der Waals surface area contributed by atoms with Crippen molar-refractivity contribution < 1.29 is 43.3 Å². The van der Waals surface area contributed by atoms with Crippen molar-refractivity contribution in [3.63, 3.8) is 0 Å². The van der Waals surface area contributed by atoms with Crippen molar-refractivity contribution in [1.29, 1.82) is 0 Å². The van der Waals surface area contributed by atoms with E-state index in [-0.39, 0.29) is 29.0 Å². The Balaban J connectivity index is 1.59. The van der Waals surface area contributed by atoms with Crippen LogP contribution in [0.2, 0.25) is 0 Å². The molecular weight excluding hydrogens is 635 g/mol. The number of barbiturate groups is 1. The fraction of sp³-hybridized carbons (Fsp3) is 0.107. The first-order chi connectivity index (χ1) is 19.1. The van der Waals surface area contributed by atoms with Crippen LogP contribution in [0.4, 0.5) is 10.5 Å². The first-order valence-electron chi connectivity index (χ1n) is 11.5. The van der Waals surface area contributed by atoms with Crippen LogP contribution < -0.4 is 19.7 Å². The molecule has 0 unspecified atom stereocenters. The fourth-order valence-corrected chi connectivity index (χ4v) is 4.57. The van der Waals surface area contributed by atoms with Crippen LogP contribution in [0.5, 0.6) is 11.5 Å². The number of anilines is 1. The largest absolute Gasteiger partial charge is 0.493 e. The van der Waals surface area contributed by atoms with Crippen LogP contribution in [0.3, 0.4) is 0 Å². The Bertz CT molecular complexity index is 1550. The SMILES string of the molecule is COC(=O)c1ccc(N2C(=O)NC(=O)/C(=C\c3cc(I)c(OCc4ccc(C(=O)O)cc4)c(OC)c3)C2=O)cc1. The number of imide groups is 2. The Morgan fingerprint density at radius 1 is 0.975 bits per heavy atom. The van der Waals surface area contributed by atoms with Gasteiger partial charge in [0.25, 0.3) is 11.8 Å². The molecule has 1 heterocycles. The molecule has 12 heteroatoms. The molecule has 1 fully saturated rings. The molecule has 0 radical (unpaired) electrons. The molecule has 0 saturated carbocycles. The van der Waals surface area contributed by atoms with E-state index < -0.39 is 29.8 Å². The van der Waals surface area contributed by atoms with Gasteiger partial charge in [-0.05, 0) is 88.3 Å². The van der Waals surface area contributed by atoms with Crippen LogP contribution in [0.15, 0.2) is 66.2 Å². The zero-order valence-corrected chi connectivity index (χ0v) is 23.3. The number of carboxylic acid groups (broad SMARTS) is 1. The molecule has 0 aliphatic carbocycles. The van der Waals surface area contributed by atoms with E-state index in [2.05, 4.69) is 10.1 Å². The molecule has 11 nitrogen and oxygen atoms in total. The molecule has 0 bridgehead atoms. The molecule has 0 spiro atoms. The lowest BCUT2D eigenvalue weighted by molar-refractivity contribution is -0.122. The zero-order chi connectivity index (χ0) is 29.0. The van der Waals surface area contributed by atoms with E-state index >= 15 is 0 Å². The van der Waals surface area contributed by atoms with Gasteiger partial charge in [-0.15, -0.1) is 0 Å². The van der Waals surface area contributed by atoms with Gasteiger partial charge in [-0.25, -0.2) is 19.3 Å². The van der Waals surface area contributed by atoms with Gasteiger partial charge < -0.3 is 19.3 Å². The monoisotopic (exact) mass is 656 g/mol. The summed E-state index contributed by atoms with van der Waals surface area (Å²) in [6, 6.07) is 14.1. The Hall–Kier alpha value is -4.72. The summed E-state index contributed by atoms with van der Waals surface area (Å²) >= 11 is 2.02. The summed E-state index contributed by atoms with van der Waals surface area (Å²) in [6.07, 6.45) is 1.33. The minimum absolute atomic E-state index is 0.138. The molecule has 3 aromatic rings. The van der Waals surface area contributed by atoms with Gasteiger partial charge in [-0.1, -0.05) is 12.1 Å². The number of esters is 1. The fourth-order valence-electron chi connectivity index (χ4n) is 3.79. The van der Waals surface area contributed by atoms with Gasteiger partial charge in [0.05, 0.1) is 34.6 Å². The van der Waals surface area contributed by atoms with Gasteiger partial charge in [0.1, 0.15) is 12.2 Å². The number of amides is 4. The average molecular weight is 656 g/mol. The molecule has 4 amide bonds. The van der Waals surface area contributed by atoms with Crippen LogP contribution in [0.1, 0.15) is 31.8 Å². The number of ether oxygens (including phenoxy) is 3. The summed E-state index contributed by atoms with van der Waals surface area (Å²) in [5.41, 5.74) is 1.43. The van der Waals surface area contributed by atoms with Crippen LogP contribution in [0, 0.1) is 3.57 Å². The number of methoxy groups -OCH3 is 2. The van der Waals surface area contributed by atoms with Gasteiger partial charge in [0.15, 0.2) is 11.5 Å². The smallest absolute Gasteiger partial charge is 0.337 e. The maximum Gasteiger partial charge on any atom is 0.337 e. The summed E-state index contributed by atoms with van der Waals surface area (Å²) in [5.74, 6) is -2.58. The molecule has 40 heavy (non-hydrogen) atoms. The zero-order valence-electron chi connectivity index (χ0n) is 21.1. The summed E-state index contributed by atoms with van der Waals surface area (Å²) in [4.78, 5) is 61.9. The molecule has 1 aliphatic heterocycles. The highest BCUT2D eigenvalue weighted by Gasteiger charge is 2.37. The Kier molecular flexibility index (Phi) is 8.48. The molecule has 0 aromatic heterocycles. The number of aromatic carboxylic acids is 1. The van der Waals surface area contributed by atoms with E-state index in [4.69, 9.17) is 14.6 Å². The molecule has 4 rings (SSSR count). The Morgan fingerprint density at radius 3 is 2.23 bits per heavy atom. The first kappa shape index (κ1) is 28.3. The van der Waals surface area contributed by atoms with Crippen molar-refractivity contribution in [1.82, 2.24) is 5.32 Å². The third-order valence-electron chi connectivity index (χ3n) is 5.80. The van der Waals surface area contributed by atoms with E-state index in [1.54, 1.807) is 24.3 Å². The number of carboxylic acids is 1. The third kappa shape index (κ3) is 5.96. The summed E-state index contributed by atoms with van der Waals surface area (Å²) < 4.78 is 16.7. The highest BCUT2D eigenvalue weighted by molar-refractivity contribution is 14.1. The van der Waals surface area contributed by atoms with Crippen molar-refractivity contribution in [3.8, 4) is 11.5 Å². The van der Waals surface area contributed by atoms with Crippen LogP contribution in [-0.4, -0.2) is 49.1 Å². The van der Waals surface area contributed by atoms with Gasteiger partial charge >= 0.3 is 18.0 Å². The Morgan fingerprint density at radius 2 is 1.62 bits per heavy atom. The Labute approximate surface area is 241 Å². The van der Waals surface area contributed by atoms with E-state index in [9.17, 15) is 24.0 Å². The summed E-state index contributed by atoms with van der Waals surface area (Å²) in [5, 5.41) is 11.2. The predicted molar refractivity (Wildman–Crippen MR) is 150 cm³/mol. The predicted octanol–water partition coefficient (Wildman–Crippen LogP) is 4.03. The summed E-state index contributed by atoms with van der Waals surface area (Å²) in [6.45, 7) is 0.138. The standard InChI is InChI=1S/C28H21IN2O9/c1-38-22-13-16(12-21(29)23(22)40-14-15-3-5-17(6-4-15)26(34)35)11-20-24(32)30-28(37)31(25(20)33)19-9-7-18(8-10-19)27(36)39-2/h3-13H,14H2,1-2H3,(H,34,35)(H,30,32,37)/b20-11+. The quantitative estimate of drug-likeness (QED) is 0.159. The minimum atomic E-state index is -1.03. The molecule has 204 valence electrons. The number of carbonyl (C=O) groups excluding carboxylic acids is 4. The van der Waals surface area contributed by atoms with E-state index in [1.807, 2.05) is 22.6 Å². The molecule has 0 atom stereocenters. The highest BCUT2D eigenvalue weighted by Crippen LogP contribution is 2.35. The number of carbonyl (C=O) groups is 5. The van der Waals surface area contributed by atoms with Gasteiger partial charge in [0, 0.05) is 0 Å². The van der Waals surface area contributed by atoms with Crippen molar-refractivity contribution >= 4 is 64.1 Å². The second-order valence-corrected chi connectivity index (χ2v) is 9.48. The van der Waals surface area contributed by atoms with Gasteiger partial charge in [0.2, 0.25) is 0 Å². The van der Waals surface area contributed by atoms with Crippen molar-refractivity contribution in [2.75, 3.05) is 19.1 Å². The lowest BCUT2D eigenvalue weighted by Gasteiger charge is -2.26. The number of halogens is 1. The van der Waals surface area contributed by atoms with E-state index in [0.29, 0.717) is 20.6 Å². The average Bonchev–Trinajstić information content (AvgIpc) is 2.94. The maximum atomic E-state index is 13.2. The molecule has 1 aliphatic rings. The number of nitrogens with zero attached hydrogens (tertiary/aromatic N) is 1. The number of rotatable bonds is 8. The molecule has 2 N–H and O–H groups in total. The lowest BCUT2D eigenvalue weighted by Crippen LogP contribution is -2.54. The van der Waals surface area contributed by atoms with Gasteiger partial charge in [-0.3, -0.25) is 14.9 Å². The second kappa shape index (κ2) is 12.0. The van der Waals surface area contributed by atoms with Gasteiger partial charge in [-0.2, -0.15) is 0 Å². The lowest BCUT2D eigenvalue weighted by atomic mass is 10.1. The second-order valence-electron chi connectivity index (χ2n) is 8.32. The maximum absolute atomic E-state index is 13.2. The number of urea groups is 1. The van der Waals surface area contributed by atoms with E-state index in [1.165, 1.54) is 56.7 Å². The minimum Gasteiger partial charge on any atom is -0.493 e. The highest BCUT2D eigenvalue weighted by atomic mass is 127. The van der Waals surface area contributed by atoms with Crippen molar-refractivity contribution in [2.24, 2.45) is 0 Å². The number of hydrogen-bond acceptors (Lipinski definition) is 8. The number of benzene rings is 3. The molecule has 3 aromatic carbocycles. The molecule has 1 saturated heterocycles. The molecular formula is C28H21IN2O9. The van der Waals surface area contributed by atoms with Crippen LogP contribution in [-0.2, 0) is 20.9 Å². The summed E-state index contributed by atoms with van der Waals surface area (Å²) in [7, 11) is 2.67.